The summed E-state index contributed by atoms with van der Waals surface area (Å²) in [6, 6.07) is 5.02. The van der Waals surface area contributed by atoms with Crippen LogP contribution in [-0.4, -0.2) is 37.5 Å². The molecule has 2 rings (SSSR count). The van der Waals surface area contributed by atoms with Crippen molar-refractivity contribution < 1.29 is 13.2 Å². The molecule has 1 N–H and O–H groups in total. The van der Waals surface area contributed by atoms with Crippen LogP contribution in [-0.2, 0) is 21.4 Å². The van der Waals surface area contributed by atoms with Crippen LogP contribution < -0.4 is 5.32 Å². The highest BCUT2D eigenvalue weighted by Gasteiger charge is 2.25. The zero-order valence-electron chi connectivity index (χ0n) is 12.0. The molecule has 1 fully saturated rings. The van der Waals surface area contributed by atoms with Crippen molar-refractivity contribution in [3.63, 3.8) is 0 Å². The molecule has 0 spiro atoms. The van der Waals surface area contributed by atoms with Gasteiger partial charge >= 0.3 is 0 Å². The predicted molar refractivity (Wildman–Crippen MR) is 87.5 cm³/mol. The fourth-order valence-corrected chi connectivity index (χ4v) is 4.29. The van der Waals surface area contributed by atoms with E-state index >= 15 is 0 Å². The molecule has 5 nitrogen and oxygen atoms in total. The van der Waals surface area contributed by atoms with Gasteiger partial charge in [-0.05, 0) is 30.5 Å². The lowest BCUT2D eigenvalue weighted by atomic mass is 10.2. The Morgan fingerprint density at radius 3 is 2.73 bits per heavy atom. The summed E-state index contributed by atoms with van der Waals surface area (Å²) in [4.78, 5) is 12.0. The summed E-state index contributed by atoms with van der Waals surface area (Å²) in [5.41, 5.74) is 0.734. The summed E-state index contributed by atoms with van der Waals surface area (Å²) in [7, 11) is -3.32. The highest BCUT2D eigenvalue weighted by Crippen LogP contribution is 2.20. The third kappa shape index (κ3) is 4.84. The van der Waals surface area contributed by atoms with E-state index in [1.807, 2.05) is 0 Å². The second kappa shape index (κ2) is 7.64. The lowest BCUT2D eigenvalue weighted by Gasteiger charge is -2.19. The summed E-state index contributed by atoms with van der Waals surface area (Å²) in [6.45, 7) is 0.494. The van der Waals surface area contributed by atoms with Crippen LogP contribution in [0.5, 0.6) is 0 Å². The Balaban J connectivity index is 1.92. The molecule has 0 saturated carbocycles. The molecular weight excluding hydrogens is 347 g/mol. The first-order valence-electron chi connectivity index (χ1n) is 7.07. The van der Waals surface area contributed by atoms with Gasteiger partial charge in [-0.2, -0.15) is 4.31 Å². The summed E-state index contributed by atoms with van der Waals surface area (Å²) in [5.74, 6) is -0.222. The Hall–Kier alpha value is -0.820. The zero-order valence-corrected chi connectivity index (χ0v) is 14.3. The summed E-state index contributed by atoms with van der Waals surface area (Å²) in [5, 5.41) is 3.68. The van der Waals surface area contributed by atoms with Crippen molar-refractivity contribution in [2.75, 3.05) is 18.8 Å². The van der Waals surface area contributed by atoms with Crippen LogP contribution in [0.4, 0.5) is 0 Å². The van der Waals surface area contributed by atoms with Gasteiger partial charge in [-0.15, -0.1) is 0 Å². The van der Waals surface area contributed by atoms with Crippen LogP contribution in [0.15, 0.2) is 18.2 Å². The molecule has 0 aliphatic carbocycles. The summed E-state index contributed by atoms with van der Waals surface area (Å²) in [6.07, 6.45) is 2.31. The Kier molecular flexibility index (Phi) is 6.09. The number of rotatable bonds is 4. The fraction of sp³-hybridized carbons (Fsp3) is 0.500. The molecule has 22 heavy (non-hydrogen) atoms. The van der Waals surface area contributed by atoms with Gasteiger partial charge in [0.25, 0.3) is 0 Å². The zero-order chi connectivity index (χ0) is 16.2. The van der Waals surface area contributed by atoms with Crippen LogP contribution in [0, 0.1) is 0 Å². The predicted octanol–water partition coefficient (Wildman–Crippen LogP) is 2.43. The topological polar surface area (TPSA) is 66.5 Å². The number of sulfonamides is 1. The molecular formula is C14H18Cl2N2O3S. The molecule has 1 aromatic rings. The van der Waals surface area contributed by atoms with Gasteiger partial charge in [0.2, 0.25) is 15.9 Å². The van der Waals surface area contributed by atoms with Crippen LogP contribution in [0.3, 0.4) is 0 Å². The van der Waals surface area contributed by atoms with Gasteiger partial charge < -0.3 is 5.32 Å². The number of nitrogens with one attached hydrogen (secondary N) is 1. The molecule has 1 heterocycles. The number of benzene rings is 1. The number of amides is 1. The largest absolute Gasteiger partial charge is 0.351 e. The standard InChI is InChI=1S/C14H18Cl2N2O3S/c15-12-5-4-11(13(16)8-12)9-17-14(19)10-18-6-2-1-3-7-22(18,20)21/h4-5,8H,1-3,6-7,9-10H2,(H,17,19). The number of hydrogen-bond donors (Lipinski definition) is 1. The Morgan fingerprint density at radius 2 is 2.00 bits per heavy atom. The molecule has 1 amide bonds. The quantitative estimate of drug-likeness (QED) is 0.891. The van der Waals surface area contributed by atoms with E-state index in [1.54, 1.807) is 18.2 Å². The van der Waals surface area contributed by atoms with Crippen molar-refractivity contribution in [3.8, 4) is 0 Å². The van der Waals surface area contributed by atoms with Gasteiger partial charge in [0.15, 0.2) is 0 Å². The van der Waals surface area contributed by atoms with Gasteiger partial charge in [0, 0.05) is 23.1 Å². The Labute approximate surface area is 140 Å². The number of carbonyl (C=O) groups excluding carboxylic acids is 1. The lowest BCUT2D eigenvalue weighted by molar-refractivity contribution is -0.121. The summed E-state index contributed by atoms with van der Waals surface area (Å²) < 4.78 is 25.3. The highest BCUT2D eigenvalue weighted by molar-refractivity contribution is 7.89. The van der Waals surface area contributed by atoms with Gasteiger partial charge in [-0.25, -0.2) is 8.42 Å². The van der Waals surface area contributed by atoms with Crippen molar-refractivity contribution >= 4 is 39.1 Å². The van der Waals surface area contributed by atoms with E-state index in [0.717, 1.165) is 18.4 Å². The maximum absolute atomic E-state index is 12.0. The maximum Gasteiger partial charge on any atom is 0.235 e. The second-order valence-corrected chi connectivity index (χ2v) is 8.15. The van der Waals surface area contributed by atoms with Gasteiger partial charge in [0.1, 0.15) is 0 Å². The minimum absolute atomic E-state index is 0.114. The average Bonchev–Trinajstić information content (AvgIpc) is 2.60. The van der Waals surface area contributed by atoms with E-state index in [9.17, 15) is 13.2 Å². The molecule has 1 aliphatic rings. The van der Waals surface area contributed by atoms with Crippen LogP contribution in [0.25, 0.3) is 0 Å². The van der Waals surface area contributed by atoms with E-state index in [4.69, 9.17) is 23.2 Å². The van der Waals surface area contributed by atoms with Crippen LogP contribution in [0.1, 0.15) is 24.8 Å². The first-order chi connectivity index (χ1) is 10.4. The van der Waals surface area contributed by atoms with Crippen molar-refractivity contribution in [1.29, 1.82) is 0 Å². The van der Waals surface area contributed by atoms with E-state index < -0.39 is 10.0 Å². The molecule has 1 aliphatic heterocycles. The average molecular weight is 365 g/mol. The fourth-order valence-electron chi connectivity index (χ4n) is 2.27. The second-order valence-electron chi connectivity index (χ2n) is 5.22. The molecule has 0 bridgehead atoms. The molecule has 0 unspecified atom stereocenters. The molecule has 0 radical (unpaired) electrons. The van der Waals surface area contributed by atoms with Crippen LogP contribution in [0.2, 0.25) is 10.0 Å². The molecule has 1 aromatic carbocycles. The van der Waals surface area contributed by atoms with Crippen molar-refractivity contribution in [2.45, 2.75) is 25.8 Å². The van der Waals surface area contributed by atoms with E-state index in [-0.39, 0.29) is 24.7 Å². The van der Waals surface area contributed by atoms with Crippen LogP contribution >= 0.6 is 23.2 Å². The SMILES string of the molecule is O=C(CN1CCCCCS1(=O)=O)NCc1ccc(Cl)cc1Cl. The normalized spacial score (nSPS) is 18.6. The first-order valence-corrected chi connectivity index (χ1v) is 9.43. The van der Waals surface area contributed by atoms with E-state index in [0.29, 0.717) is 23.0 Å². The molecule has 1 saturated heterocycles. The molecule has 122 valence electrons. The first kappa shape index (κ1) is 17.5. The smallest absolute Gasteiger partial charge is 0.235 e. The van der Waals surface area contributed by atoms with E-state index in [1.165, 1.54) is 4.31 Å². The maximum atomic E-state index is 12.0. The third-order valence-electron chi connectivity index (χ3n) is 3.51. The van der Waals surface area contributed by atoms with E-state index in [2.05, 4.69) is 5.32 Å². The lowest BCUT2D eigenvalue weighted by Crippen LogP contribution is -2.41. The Bertz CT molecular complexity index is 649. The van der Waals surface area contributed by atoms with Crippen molar-refractivity contribution in [3.05, 3.63) is 33.8 Å². The number of carbonyl (C=O) groups is 1. The highest BCUT2D eigenvalue weighted by atomic mass is 35.5. The van der Waals surface area contributed by atoms with Crippen molar-refractivity contribution in [1.82, 2.24) is 9.62 Å². The number of hydrogen-bond acceptors (Lipinski definition) is 3. The van der Waals surface area contributed by atoms with Crippen molar-refractivity contribution in [2.24, 2.45) is 0 Å². The summed E-state index contributed by atoms with van der Waals surface area (Å²) >= 11 is 11.8. The number of nitrogens with zero attached hydrogens (tertiary/aromatic N) is 1. The third-order valence-corrected chi connectivity index (χ3v) is 6.00. The molecule has 0 aromatic heterocycles. The minimum atomic E-state index is -3.32. The number of halogens is 2. The molecule has 8 heteroatoms. The van der Waals surface area contributed by atoms with Gasteiger partial charge in [0.05, 0.1) is 12.3 Å². The van der Waals surface area contributed by atoms with Gasteiger partial charge in [-0.1, -0.05) is 35.7 Å². The molecule has 0 atom stereocenters. The monoisotopic (exact) mass is 364 g/mol. The Morgan fingerprint density at radius 1 is 1.23 bits per heavy atom. The van der Waals surface area contributed by atoms with Gasteiger partial charge in [-0.3, -0.25) is 4.79 Å². The minimum Gasteiger partial charge on any atom is -0.351 e.